The second kappa shape index (κ2) is 15.7. The van der Waals surface area contributed by atoms with E-state index in [9.17, 15) is 14.7 Å². The quantitative estimate of drug-likeness (QED) is 0.206. The predicted molar refractivity (Wildman–Crippen MR) is 110 cm³/mol. The average molecular weight is 381 g/mol. The van der Waals surface area contributed by atoms with Gasteiger partial charge in [-0.15, -0.1) is 0 Å². The number of hydrogen-bond acceptors (Lipinski definition) is 3. The SMILES string of the molecule is CCCCCCC/C=C/CCCCCCOC(=O)C1CCCCC1C(=O)O. The molecule has 156 valence electrons. The fourth-order valence-electron chi connectivity index (χ4n) is 3.81. The maximum Gasteiger partial charge on any atom is 0.309 e. The standard InChI is InChI=1S/C23H40O4/c1-2-3-4-5-6-7-8-9-10-11-12-13-16-19-27-23(26)21-18-15-14-17-20(21)22(24)25/h8-9,20-21H,2-7,10-19H2,1H3,(H,24,25)/b9-8+. The highest BCUT2D eigenvalue weighted by atomic mass is 16.5. The summed E-state index contributed by atoms with van der Waals surface area (Å²) in [6, 6.07) is 0. The molecule has 0 aromatic carbocycles. The Morgan fingerprint density at radius 3 is 2.00 bits per heavy atom. The summed E-state index contributed by atoms with van der Waals surface area (Å²) < 4.78 is 5.35. The lowest BCUT2D eigenvalue weighted by Gasteiger charge is -2.26. The van der Waals surface area contributed by atoms with E-state index >= 15 is 0 Å². The summed E-state index contributed by atoms with van der Waals surface area (Å²) in [5, 5.41) is 9.24. The Balaban J connectivity index is 1.96. The van der Waals surface area contributed by atoms with Gasteiger partial charge in [0.2, 0.25) is 0 Å². The first-order valence-corrected chi connectivity index (χ1v) is 11.2. The van der Waals surface area contributed by atoms with Gasteiger partial charge < -0.3 is 9.84 Å². The van der Waals surface area contributed by atoms with E-state index in [4.69, 9.17) is 4.74 Å². The lowest BCUT2D eigenvalue weighted by molar-refractivity contribution is -0.159. The minimum atomic E-state index is -0.856. The maximum absolute atomic E-state index is 12.1. The van der Waals surface area contributed by atoms with Gasteiger partial charge in [-0.2, -0.15) is 0 Å². The first-order valence-electron chi connectivity index (χ1n) is 11.2. The van der Waals surface area contributed by atoms with E-state index in [2.05, 4.69) is 19.1 Å². The van der Waals surface area contributed by atoms with Crippen LogP contribution in [-0.4, -0.2) is 23.7 Å². The van der Waals surface area contributed by atoms with Crippen molar-refractivity contribution in [2.24, 2.45) is 11.8 Å². The van der Waals surface area contributed by atoms with Crippen molar-refractivity contribution in [2.75, 3.05) is 6.61 Å². The third kappa shape index (κ3) is 11.2. The highest BCUT2D eigenvalue weighted by Crippen LogP contribution is 2.31. The molecule has 1 saturated carbocycles. The molecule has 2 unspecified atom stereocenters. The monoisotopic (exact) mass is 380 g/mol. The molecule has 0 aromatic heterocycles. The van der Waals surface area contributed by atoms with Crippen molar-refractivity contribution in [1.82, 2.24) is 0 Å². The fourth-order valence-corrected chi connectivity index (χ4v) is 3.81. The Kier molecular flexibility index (Phi) is 13.8. The molecule has 0 spiro atoms. The topological polar surface area (TPSA) is 63.6 Å². The van der Waals surface area contributed by atoms with Gasteiger partial charge in [0.05, 0.1) is 18.4 Å². The number of carbonyl (C=O) groups is 2. The first kappa shape index (κ1) is 23.7. The van der Waals surface area contributed by atoms with E-state index in [1.807, 2.05) is 0 Å². The van der Waals surface area contributed by atoms with E-state index < -0.39 is 17.8 Å². The van der Waals surface area contributed by atoms with Crippen LogP contribution in [-0.2, 0) is 14.3 Å². The van der Waals surface area contributed by atoms with E-state index in [0.29, 0.717) is 19.4 Å². The number of carbonyl (C=O) groups excluding carboxylic acids is 1. The van der Waals surface area contributed by atoms with E-state index in [-0.39, 0.29) is 5.97 Å². The zero-order chi connectivity index (χ0) is 19.7. The van der Waals surface area contributed by atoms with Crippen LogP contribution in [0.25, 0.3) is 0 Å². The minimum absolute atomic E-state index is 0.302. The second-order valence-corrected chi connectivity index (χ2v) is 7.88. The van der Waals surface area contributed by atoms with Gasteiger partial charge in [-0.25, -0.2) is 0 Å². The molecule has 2 atom stereocenters. The molecule has 1 rings (SSSR count). The molecule has 1 aliphatic rings. The van der Waals surface area contributed by atoms with Crippen LogP contribution in [0.15, 0.2) is 12.2 Å². The number of allylic oxidation sites excluding steroid dienone is 2. The highest BCUT2D eigenvalue weighted by Gasteiger charge is 2.36. The lowest BCUT2D eigenvalue weighted by atomic mass is 9.79. The summed E-state index contributed by atoms with van der Waals surface area (Å²) in [4.78, 5) is 23.4. The zero-order valence-corrected chi connectivity index (χ0v) is 17.3. The average Bonchev–Trinajstić information content (AvgIpc) is 2.68. The molecule has 0 saturated heterocycles. The van der Waals surface area contributed by atoms with Gasteiger partial charge in [0.25, 0.3) is 0 Å². The Morgan fingerprint density at radius 2 is 1.41 bits per heavy atom. The van der Waals surface area contributed by atoms with Crippen LogP contribution in [0.3, 0.4) is 0 Å². The molecular formula is C23H40O4. The molecule has 0 aliphatic heterocycles. The third-order valence-corrected chi connectivity index (χ3v) is 5.54. The summed E-state index contributed by atoms with van der Waals surface area (Å²) >= 11 is 0. The zero-order valence-electron chi connectivity index (χ0n) is 17.3. The van der Waals surface area contributed by atoms with Gasteiger partial charge in [-0.3, -0.25) is 9.59 Å². The molecule has 0 amide bonds. The molecule has 4 nitrogen and oxygen atoms in total. The number of rotatable bonds is 15. The number of carboxylic acid groups (broad SMARTS) is 1. The molecule has 1 aliphatic carbocycles. The van der Waals surface area contributed by atoms with Gasteiger partial charge >= 0.3 is 11.9 Å². The van der Waals surface area contributed by atoms with Crippen molar-refractivity contribution in [3.05, 3.63) is 12.2 Å². The van der Waals surface area contributed by atoms with Crippen LogP contribution in [0, 0.1) is 11.8 Å². The molecular weight excluding hydrogens is 340 g/mol. The minimum Gasteiger partial charge on any atom is -0.481 e. The Morgan fingerprint density at radius 1 is 0.852 bits per heavy atom. The molecule has 0 radical (unpaired) electrons. The van der Waals surface area contributed by atoms with Crippen molar-refractivity contribution in [2.45, 2.75) is 103 Å². The number of aliphatic carboxylic acids is 1. The third-order valence-electron chi connectivity index (χ3n) is 5.54. The Hall–Kier alpha value is -1.32. The fraction of sp³-hybridized carbons (Fsp3) is 0.826. The van der Waals surface area contributed by atoms with Crippen molar-refractivity contribution in [3.8, 4) is 0 Å². The molecule has 1 N–H and O–H groups in total. The predicted octanol–water partition coefficient (Wildman–Crippen LogP) is 6.29. The molecule has 0 bridgehead atoms. The normalized spacial score (nSPS) is 20.0. The second-order valence-electron chi connectivity index (χ2n) is 7.88. The maximum atomic E-state index is 12.1. The molecule has 27 heavy (non-hydrogen) atoms. The van der Waals surface area contributed by atoms with Gasteiger partial charge in [-0.1, -0.05) is 70.4 Å². The first-order chi connectivity index (χ1) is 13.2. The lowest BCUT2D eigenvalue weighted by Crippen LogP contribution is -2.33. The summed E-state index contributed by atoms with van der Waals surface area (Å²) in [5.41, 5.74) is 0. The smallest absolute Gasteiger partial charge is 0.309 e. The van der Waals surface area contributed by atoms with Crippen molar-refractivity contribution < 1.29 is 19.4 Å². The Labute approximate surface area is 165 Å². The number of unbranched alkanes of at least 4 members (excludes halogenated alkanes) is 9. The largest absolute Gasteiger partial charge is 0.481 e. The molecule has 1 fully saturated rings. The van der Waals surface area contributed by atoms with Gasteiger partial charge in [0.15, 0.2) is 0 Å². The summed E-state index contributed by atoms with van der Waals surface area (Å²) in [7, 11) is 0. The summed E-state index contributed by atoms with van der Waals surface area (Å²) in [6.45, 7) is 2.67. The Bertz CT molecular complexity index is 430. The number of carboxylic acids is 1. The van der Waals surface area contributed by atoms with Crippen molar-refractivity contribution >= 4 is 11.9 Å². The van der Waals surface area contributed by atoms with Crippen LogP contribution in [0.4, 0.5) is 0 Å². The van der Waals surface area contributed by atoms with E-state index in [0.717, 1.165) is 38.5 Å². The number of ether oxygens (including phenoxy) is 1. The molecule has 0 heterocycles. The summed E-state index contributed by atoms with van der Waals surface area (Å²) in [5.74, 6) is -2.15. The van der Waals surface area contributed by atoms with Gasteiger partial charge in [-0.05, 0) is 44.9 Å². The van der Waals surface area contributed by atoms with Crippen LogP contribution >= 0.6 is 0 Å². The van der Waals surface area contributed by atoms with Crippen LogP contribution in [0.5, 0.6) is 0 Å². The van der Waals surface area contributed by atoms with Crippen LogP contribution in [0.2, 0.25) is 0 Å². The molecule has 0 aromatic rings. The van der Waals surface area contributed by atoms with Crippen LogP contribution in [0.1, 0.15) is 103 Å². The van der Waals surface area contributed by atoms with Crippen molar-refractivity contribution in [3.63, 3.8) is 0 Å². The number of hydrogen-bond donors (Lipinski definition) is 1. The highest BCUT2D eigenvalue weighted by molar-refractivity contribution is 5.81. The van der Waals surface area contributed by atoms with E-state index in [1.54, 1.807) is 0 Å². The van der Waals surface area contributed by atoms with Crippen LogP contribution < -0.4 is 0 Å². The van der Waals surface area contributed by atoms with Crippen molar-refractivity contribution in [1.29, 1.82) is 0 Å². The van der Waals surface area contributed by atoms with E-state index in [1.165, 1.54) is 44.9 Å². The van der Waals surface area contributed by atoms with Gasteiger partial charge in [0.1, 0.15) is 0 Å². The van der Waals surface area contributed by atoms with Gasteiger partial charge in [0, 0.05) is 0 Å². The number of esters is 1. The molecule has 4 heteroatoms. The summed E-state index contributed by atoms with van der Waals surface area (Å²) in [6.07, 6.45) is 21.0.